The molecule has 8 heteroatoms. The van der Waals surface area contributed by atoms with Crippen molar-refractivity contribution in [1.82, 2.24) is 9.96 Å². The first-order valence-electron chi connectivity index (χ1n) is 5.26. The number of carboxylic acids is 1. The lowest BCUT2D eigenvalue weighted by atomic mass is 10.1. The molecule has 2 rings (SSSR count). The van der Waals surface area contributed by atoms with Crippen LogP contribution in [-0.2, 0) is 14.4 Å². The lowest BCUT2D eigenvalue weighted by molar-refractivity contribution is -0.164. The molecule has 100 valence electrons. The average Bonchev–Trinajstić information content (AvgIpc) is 2.57. The second-order valence-corrected chi connectivity index (χ2v) is 3.78. The number of amides is 3. The zero-order valence-corrected chi connectivity index (χ0v) is 9.91. The minimum absolute atomic E-state index is 0.134. The highest BCUT2D eigenvalue weighted by Gasteiger charge is 2.41. The van der Waals surface area contributed by atoms with E-state index in [1.165, 1.54) is 0 Å². The number of carbonyl (C=O) groups is 3. The monoisotopic (exact) mass is 257 g/mol. The van der Waals surface area contributed by atoms with Gasteiger partial charge < -0.3 is 15.7 Å². The van der Waals surface area contributed by atoms with Crippen molar-refractivity contribution in [1.29, 1.82) is 0 Å². The predicted octanol–water partition coefficient (Wildman–Crippen LogP) is -0.830. The predicted molar refractivity (Wildman–Crippen MR) is 60.2 cm³/mol. The van der Waals surface area contributed by atoms with E-state index in [4.69, 9.17) is 14.7 Å². The summed E-state index contributed by atoms with van der Waals surface area (Å²) >= 11 is 0. The molecular formula is C10H15N3O5. The summed E-state index contributed by atoms with van der Waals surface area (Å²) in [6, 6.07) is -0.389. The molecule has 0 saturated carbocycles. The third-order valence-corrected chi connectivity index (χ3v) is 2.62. The second-order valence-electron chi connectivity index (χ2n) is 3.78. The Hall–Kier alpha value is -2.09. The van der Waals surface area contributed by atoms with Crippen molar-refractivity contribution in [2.24, 2.45) is 5.73 Å². The number of nitrogens with two attached hydrogens (primary N) is 1. The molecule has 18 heavy (non-hydrogen) atoms. The molecule has 0 aliphatic carbocycles. The minimum atomic E-state index is -1.08. The summed E-state index contributed by atoms with van der Waals surface area (Å²) in [6.07, 6.45) is 2.20. The van der Waals surface area contributed by atoms with Gasteiger partial charge in [0.05, 0.1) is 6.04 Å². The summed E-state index contributed by atoms with van der Waals surface area (Å²) in [4.78, 5) is 37.2. The quantitative estimate of drug-likeness (QED) is 0.506. The highest BCUT2D eigenvalue weighted by atomic mass is 16.7. The number of aliphatic carboxylic acids is 1. The second kappa shape index (κ2) is 6.01. The minimum Gasteiger partial charge on any atom is -0.479 e. The van der Waals surface area contributed by atoms with Crippen LogP contribution in [0.5, 0.6) is 0 Å². The van der Waals surface area contributed by atoms with Crippen LogP contribution in [0.15, 0.2) is 11.6 Å². The van der Waals surface area contributed by atoms with E-state index in [0.29, 0.717) is 13.1 Å². The molecule has 0 aromatic carbocycles. The van der Waals surface area contributed by atoms with E-state index >= 15 is 0 Å². The molecule has 0 aromatic heterocycles. The van der Waals surface area contributed by atoms with E-state index in [1.807, 2.05) is 13.0 Å². The van der Waals surface area contributed by atoms with Gasteiger partial charge in [0.1, 0.15) is 0 Å². The highest BCUT2D eigenvalue weighted by molar-refractivity contribution is 5.78. The Bertz CT molecular complexity index is 382. The molecule has 2 bridgehead atoms. The van der Waals surface area contributed by atoms with Crippen LogP contribution in [0.1, 0.15) is 6.92 Å². The summed E-state index contributed by atoms with van der Waals surface area (Å²) < 4.78 is 0. The topological polar surface area (TPSA) is 113 Å². The van der Waals surface area contributed by atoms with E-state index < -0.39 is 12.6 Å². The number of hydrogen-bond acceptors (Lipinski definition) is 4. The van der Waals surface area contributed by atoms with Gasteiger partial charge in [-0.25, -0.2) is 9.59 Å². The maximum Gasteiger partial charge on any atom is 0.344 e. The standard InChI is InChI=1S/C9H12N2O4.CH3NO/c1-6-2-3-10-4-7(6)11(9(10)14)15-5-8(12)13;2-1-3/h2,7H,3-5H2,1H3,(H,12,13);1H,(H2,2,3). The maximum atomic E-state index is 11.6. The molecule has 0 aromatic rings. The number of carbonyl (C=O) groups excluding carboxylic acids is 2. The van der Waals surface area contributed by atoms with E-state index in [9.17, 15) is 9.59 Å². The Balaban J connectivity index is 0.000000492. The van der Waals surface area contributed by atoms with Gasteiger partial charge in [0.15, 0.2) is 6.61 Å². The molecule has 0 radical (unpaired) electrons. The number of rotatable bonds is 3. The van der Waals surface area contributed by atoms with Crippen LogP contribution in [0.4, 0.5) is 4.79 Å². The van der Waals surface area contributed by atoms with Crippen molar-refractivity contribution in [2.45, 2.75) is 13.0 Å². The zero-order valence-electron chi connectivity index (χ0n) is 9.91. The van der Waals surface area contributed by atoms with Gasteiger partial charge in [-0.15, -0.1) is 0 Å². The van der Waals surface area contributed by atoms with Crippen molar-refractivity contribution in [3.05, 3.63) is 11.6 Å². The number of carboxylic acid groups (broad SMARTS) is 1. The van der Waals surface area contributed by atoms with Gasteiger partial charge in [0, 0.05) is 13.1 Å². The normalized spacial score (nSPS) is 21.1. The molecule has 2 heterocycles. The maximum absolute atomic E-state index is 11.6. The number of urea groups is 1. The number of nitrogens with zero attached hydrogens (tertiary/aromatic N) is 2. The average molecular weight is 257 g/mol. The van der Waals surface area contributed by atoms with Crippen LogP contribution in [0.3, 0.4) is 0 Å². The molecule has 2 aliphatic rings. The smallest absolute Gasteiger partial charge is 0.344 e. The van der Waals surface area contributed by atoms with Crippen molar-refractivity contribution in [3.8, 4) is 0 Å². The largest absolute Gasteiger partial charge is 0.479 e. The van der Waals surface area contributed by atoms with Gasteiger partial charge >= 0.3 is 12.0 Å². The number of hydrogen-bond donors (Lipinski definition) is 2. The fourth-order valence-electron chi connectivity index (χ4n) is 1.78. The summed E-state index contributed by atoms with van der Waals surface area (Å²) in [5.41, 5.74) is 5.21. The van der Waals surface area contributed by atoms with Crippen molar-refractivity contribution >= 4 is 18.4 Å². The molecule has 3 N–H and O–H groups in total. The van der Waals surface area contributed by atoms with Crippen LogP contribution < -0.4 is 5.73 Å². The lowest BCUT2D eigenvalue weighted by Crippen LogP contribution is -2.35. The first-order valence-corrected chi connectivity index (χ1v) is 5.26. The molecule has 8 nitrogen and oxygen atoms in total. The van der Waals surface area contributed by atoms with Gasteiger partial charge in [0.2, 0.25) is 6.41 Å². The SMILES string of the molecule is CC1=CCN2CC1N(OCC(=O)O)C2=O.NC=O. The van der Waals surface area contributed by atoms with Gasteiger partial charge in [-0.2, -0.15) is 5.06 Å². The summed E-state index contributed by atoms with van der Waals surface area (Å²) in [5.74, 6) is -1.08. The first kappa shape index (κ1) is 14.0. The van der Waals surface area contributed by atoms with Crippen molar-refractivity contribution < 1.29 is 24.3 Å². The Kier molecular flexibility index (Phi) is 4.67. The van der Waals surface area contributed by atoms with Crippen molar-refractivity contribution in [2.75, 3.05) is 19.7 Å². The van der Waals surface area contributed by atoms with Crippen LogP contribution >= 0.6 is 0 Å². The van der Waals surface area contributed by atoms with Crippen molar-refractivity contribution in [3.63, 3.8) is 0 Å². The fraction of sp³-hybridized carbons (Fsp3) is 0.500. The summed E-state index contributed by atoms with van der Waals surface area (Å²) in [6.45, 7) is 2.59. The number of primary amides is 1. The van der Waals surface area contributed by atoms with E-state index in [-0.39, 0.29) is 18.5 Å². The zero-order chi connectivity index (χ0) is 13.7. The van der Waals surface area contributed by atoms with Gasteiger partial charge in [0.25, 0.3) is 0 Å². The van der Waals surface area contributed by atoms with Gasteiger partial charge in [-0.3, -0.25) is 9.63 Å². The van der Waals surface area contributed by atoms with Crippen LogP contribution in [-0.4, -0.2) is 59.2 Å². The lowest BCUT2D eigenvalue weighted by Gasteiger charge is -2.21. The summed E-state index contributed by atoms with van der Waals surface area (Å²) in [7, 11) is 0. The Morgan fingerprint density at radius 2 is 2.33 bits per heavy atom. The Morgan fingerprint density at radius 3 is 2.89 bits per heavy atom. The molecule has 2 aliphatic heterocycles. The fourth-order valence-corrected chi connectivity index (χ4v) is 1.78. The molecule has 3 amide bonds. The van der Waals surface area contributed by atoms with Gasteiger partial charge in [-0.05, 0) is 12.5 Å². The molecule has 1 atom stereocenters. The molecule has 1 fully saturated rings. The molecular weight excluding hydrogens is 242 g/mol. The molecule has 0 spiro atoms. The highest BCUT2D eigenvalue weighted by Crippen LogP contribution is 2.25. The van der Waals surface area contributed by atoms with Crippen LogP contribution in [0.2, 0.25) is 0 Å². The summed E-state index contributed by atoms with van der Waals surface area (Å²) in [5, 5.41) is 9.63. The number of hydroxylamine groups is 2. The van der Waals surface area contributed by atoms with E-state index in [1.54, 1.807) is 4.90 Å². The number of fused-ring (bicyclic) bond motifs is 2. The third-order valence-electron chi connectivity index (χ3n) is 2.62. The first-order chi connectivity index (χ1) is 8.51. The molecule has 1 unspecified atom stereocenters. The third kappa shape index (κ3) is 2.98. The van der Waals surface area contributed by atoms with Gasteiger partial charge in [-0.1, -0.05) is 6.08 Å². The Morgan fingerprint density at radius 1 is 1.72 bits per heavy atom. The van der Waals surface area contributed by atoms with E-state index in [2.05, 4.69) is 5.73 Å². The Labute approximate surface area is 104 Å². The van der Waals surface area contributed by atoms with Crippen LogP contribution in [0.25, 0.3) is 0 Å². The van der Waals surface area contributed by atoms with Crippen LogP contribution in [0, 0.1) is 0 Å². The van der Waals surface area contributed by atoms with E-state index in [0.717, 1.165) is 10.6 Å². The molecule has 1 saturated heterocycles.